The van der Waals surface area contributed by atoms with Crippen molar-refractivity contribution in [1.82, 2.24) is 10.3 Å². The van der Waals surface area contributed by atoms with Crippen LogP contribution in [0.1, 0.15) is 16.2 Å². The lowest BCUT2D eigenvalue weighted by molar-refractivity contribution is -0.133. The number of carboxylic acids is 1. The Morgan fingerprint density at radius 2 is 2.25 bits per heavy atom. The number of nitrogens with one attached hydrogen (secondary N) is 1. The van der Waals surface area contributed by atoms with Crippen LogP contribution in [0.4, 0.5) is 0 Å². The maximum atomic E-state index is 11.8. The van der Waals surface area contributed by atoms with Crippen LogP contribution in [0.2, 0.25) is 0 Å². The Balaban J connectivity index is 1.89. The number of carboxylic acid groups (broad SMARTS) is 1. The molecule has 2 aromatic rings. The Morgan fingerprint density at radius 3 is 3.00 bits per heavy atom. The van der Waals surface area contributed by atoms with Crippen LogP contribution in [0, 0.1) is 6.92 Å². The largest absolute Gasteiger partial charge is 0.481 e. The number of thioether (sulfide) groups is 1. The first kappa shape index (κ1) is 14.4. The Morgan fingerprint density at radius 1 is 1.45 bits per heavy atom. The first-order valence-electron chi connectivity index (χ1n) is 6.01. The molecule has 0 aromatic carbocycles. The molecule has 0 atom stereocenters. The second kappa shape index (κ2) is 6.42. The van der Waals surface area contributed by atoms with E-state index >= 15 is 0 Å². The molecule has 2 aromatic heterocycles. The number of pyridine rings is 1. The number of aliphatic carboxylic acids is 1. The number of fused-ring (bicyclic) bond motifs is 1. The molecule has 2 heterocycles. The van der Waals surface area contributed by atoms with Crippen molar-refractivity contribution in [2.24, 2.45) is 0 Å². The quantitative estimate of drug-likeness (QED) is 0.788. The summed E-state index contributed by atoms with van der Waals surface area (Å²) >= 11 is 1.25. The summed E-state index contributed by atoms with van der Waals surface area (Å²) in [6.07, 6.45) is 0. The van der Waals surface area contributed by atoms with E-state index in [0.29, 0.717) is 23.4 Å². The lowest BCUT2D eigenvalue weighted by Crippen LogP contribution is -2.25. The molecule has 6 nitrogen and oxygen atoms in total. The van der Waals surface area contributed by atoms with Crippen molar-refractivity contribution < 1.29 is 19.1 Å². The van der Waals surface area contributed by atoms with Crippen LogP contribution in [0.3, 0.4) is 0 Å². The van der Waals surface area contributed by atoms with Gasteiger partial charge in [0.2, 0.25) is 0 Å². The van der Waals surface area contributed by atoms with Gasteiger partial charge in [-0.25, -0.2) is 4.98 Å². The topological polar surface area (TPSA) is 92.4 Å². The van der Waals surface area contributed by atoms with E-state index in [4.69, 9.17) is 9.52 Å². The number of furan rings is 1. The third-order valence-corrected chi connectivity index (χ3v) is 3.44. The molecule has 7 heteroatoms. The normalized spacial score (nSPS) is 10.7. The van der Waals surface area contributed by atoms with Crippen molar-refractivity contribution in [2.45, 2.75) is 6.92 Å². The highest BCUT2D eigenvalue weighted by molar-refractivity contribution is 7.99. The number of amides is 1. The van der Waals surface area contributed by atoms with Gasteiger partial charge in [-0.1, -0.05) is 0 Å². The predicted molar refractivity (Wildman–Crippen MR) is 76.0 cm³/mol. The van der Waals surface area contributed by atoms with E-state index in [0.717, 1.165) is 5.69 Å². The van der Waals surface area contributed by atoms with Gasteiger partial charge >= 0.3 is 5.97 Å². The van der Waals surface area contributed by atoms with Crippen LogP contribution in [-0.2, 0) is 4.79 Å². The number of nitrogens with zero attached hydrogens (tertiary/aromatic N) is 1. The smallest absolute Gasteiger partial charge is 0.313 e. The van der Waals surface area contributed by atoms with Crippen molar-refractivity contribution in [3.63, 3.8) is 0 Å². The molecule has 2 rings (SSSR count). The molecule has 0 aliphatic rings. The number of rotatable bonds is 6. The van der Waals surface area contributed by atoms with Crippen LogP contribution in [0.5, 0.6) is 0 Å². The molecule has 0 aliphatic heterocycles. The van der Waals surface area contributed by atoms with Gasteiger partial charge in [0.1, 0.15) is 5.52 Å². The zero-order valence-corrected chi connectivity index (χ0v) is 11.7. The summed E-state index contributed by atoms with van der Waals surface area (Å²) in [5, 5.41) is 11.1. The lowest BCUT2D eigenvalue weighted by atomic mass is 10.3. The maximum absolute atomic E-state index is 11.8. The molecule has 0 saturated heterocycles. The highest BCUT2D eigenvalue weighted by Crippen LogP contribution is 2.17. The van der Waals surface area contributed by atoms with Gasteiger partial charge in [0.15, 0.2) is 11.3 Å². The summed E-state index contributed by atoms with van der Waals surface area (Å²) in [4.78, 5) is 26.4. The van der Waals surface area contributed by atoms with Crippen molar-refractivity contribution in [3.05, 3.63) is 29.7 Å². The first-order chi connectivity index (χ1) is 9.56. The van der Waals surface area contributed by atoms with Gasteiger partial charge in [-0.15, -0.1) is 11.8 Å². The van der Waals surface area contributed by atoms with Gasteiger partial charge < -0.3 is 14.8 Å². The van der Waals surface area contributed by atoms with Gasteiger partial charge in [-0.3, -0.25) is 9.59 Å². The van der Waals surface area contributed by atoms with Crippen LogP contribution < -0.4 is 5.32 Å². The average molecular weight is 294 g/mol. The van der Waals surface area contributed by atoms with E-state index in [-0.39, 0.29) is 17.4 Å². The molecule has 0 fully saturated rings. The Labute approximate surface area is 119 Å². The Kier molecular flexibility index (Phi) is 4.62. The molecule has 2 N–H and O–H groups in total. The number of hydrogen-bond acceptors (Lipinski definition) is 5. The SMILES string of the molecule is Cc1ccc2oc(C(=O)NCCSCC(=O)O)cc2n1. The maximum Gasteiger partial charge on any atom is 0.313 e. The van der Waals surface area contributed by atoms with Crippen molar-refractivity contribution >= 4 is 34.7 Å². The van der Waals surface area contributed by atoms with Crippen molar-refractivity contribution in [2.75, 3.05) is 18.1 Å². The molecule has 106 valence electrons. The predicted octanol–water partition coefficient (Wildman–Crippen LogP) is 1.68. The van der Waals surface area contributed by atoms with E-state index in [1.807, 2.05) is 13.0 Å². The molecule has 0 unspecified atom stereocenters. The monoisotopic (exact) mass is 294 g/mol. The minimum absolute atomic E-state index is 0.0315. The minimum atomic E-state index is -0.861. The van der Waals surface area contributed by atoms with E-state index in [1.54, 1.807) is 12.1 Å². The van der Waals surface area contributed by atoms with E-state index in [2.05, 4.69) is 10.3 Å². The molecular formula is C13H14N2O4S. The Bertz CT molecular complexity index is 638. The molecule has 1 amide bonds. The third-order valence-electron chi connectivity index (χ3n) is 2.49. The highest BCUT2D eigenvalue weighted by Gasteiger charge is 2.12. The molecule has 20 heavy (non-hydrogen) atoms. The average Bonchev–Trinajstić information content (AvgIpc) is 2.80. The standard InChI is InChI=1S/C13H14N2O4S/c1-8-2-3-10-9(15-8)6-11(19-10)13(18)14-4-5-20-7-12(16)17/h2-3,6H,4-5,7H2,1H3,(H,14,18)(H,16,17). The number of hydrogen-bond donors (Lipinski definition) is 2. The molecule has 0 spiro atoms. The first-order valence-corrected chi connectivity index (χ1v) is 7.16. The fourth-order valence-corrected chi connectivity index (χ4v) is 2.19. The minimum Gasteiger partial charge on any atom is -0.481 e. The fourth-order valence-electron chi connectivity index (χ4n) is 1.62. The van der Waals surface area contributed by atoms with Gasteiger partial charge in [0.25, 0.3) is 5.91 Å². The highest BCUT2D eigenvalue weighted by atomic mass is 32.2. The van der Waals surface area contributed by atoms with Gasteiger partial charge in [0, 0.05) is 24.1 Å². The molecule has 0 bridgehead atoms. The second-order valence-corrected chi connectivity index (χ2v) is 5.25. The Hall–Kier alpha value is -2.02. The summed E-state index contributed by atoms with van der Waals surface area (Å²) < 4.78 is 5.40. The summed E-state index contributed by atoms with van der Waals surface area (Å²) in [5.74, 6) is -0.405. The zero-order chi connectivity index (χ0) is 14.5. The number of carbonyl (C=O) groups is 2. The van der Waals surface area contributed by atoms with E-state index < -0.39 is 5.97 Å². The van der Waals surface area contributed by atoms with Crippen molar-refractivity contribution in [1.29, 1.82) is 0 Å². The van der Waals surface area contributed by atoms with Crippen LogP contribution in [0.25, 0.3) is 11.1 Å². The third kappa shape index (κ3) is 3.74. The van der Waals surface area contributed by atoms with Crippen molar-refractivity contribution in [3.8, 4) is 0 Å². The summed E-state index contributed by atoms with van der Waals surface area (Å²) in [6.45, 7) is 2.26. The van der Waals surface area contributed by atoms with E-state index in [9.17, 15) is 9.59 Å². The van der Waals surface area contributed by atoms with Gasteiger partial charge in [-0.05, 0) is 19.1 Å². The van der Waals surface area contributed by atoms with Gasteiger partial charge in [0.05, 0.1) is 5.75 Å². The number of aromatic nitrogens is 1. The molecule has 0 radical (unpaired) electrons. The summed E-state index contributed by atoms with van der Waals surface area (Å²) in [5.41, 5.74) is 2.08. The van der Waals surface area contributed by atoms with E-state index in [1.165, 1.54) is 11.8 Å². The molecule has 0 saturated carbocycles. The second-order valence-electron chi connectivity index (χ2n) is 4.15. The van der Waals surface area contributed by atoms with Crippen LogP contribution >= 0.6 is 11.8 Å². The summed E-state index contributed by atoms with van der Waals surface area (Å²) in [7, 11) is 0. The summed E-state index contributed by atoms with van der Waals surface area (Å²) in [6, 6.07) is 5.19. The fraction of sp³-hybridized carbons (Fsp3) is 0.308. The number of carbonyl (C=O) groups excluding carboxylic acids is 1. The van der Waals surface area contributed by atoms with Crippen LogP contribution in [0.15, 0.2) is 22.6 Å². The van der Waals surface area contributed by atoms with Gasteiger partial charge in [-0.2, -0.15) is 0 Å². The lowest BCUT2D eigenvalue weighted by Gasteiger charge is -2.01. The molecule has 0 aliphatic carbocycles. The zero-order valence-electron chi connectivity index (χ0n) is 10.9. The van der Waals surface area contributed by atoms with Crippen LogP contribution in [-0.4, -0.2) is 40.0 Å². The number of aryl methyl sites for hydroxylation is 1. The molecular weight excluding hydrogens is 280 g/mol.